The van der Waals surface area contributed by atoms with Crippen LogP contribution in [-0.4, -0.2) is 18.2 Å². The summed E-state index contributed by atoms with van der Waals surface area (Å²) < 4.78 is 71.0. The topological polar surface area (TPSA) is 46.5 Å². The van der Waals surface area contributed by atoms with Crippen LogP contribution in [0.5, 0.6) is 0 Å². The highest BCUT2D eigenvalue weighted by atomic mass is 19.2. The number of aliphatic hydroxyl groups excluding tert-OH is 1. The third kappa shape index (κ3) is 2.89. The van der Waals surface area contributed by atoms with Gasteiger partial charge in [-0.2, -0.15) is 0 Å². The summed E-state index contributed by atoms with van der Waals surface area (Å²) in [6, 6.07) is 4.57. The summed E-state index contributed by atoms with van der Waals surface area (Å²) in [6.07, 6.45) is -2.11. The van der Waals surface area contributed by atoms with Gasteiger partial charge in [0, 0.05) is 0 Å². The molecule has 0 amide bonds. The van der Waals surface area contributed by atoms with Crippen LogP contribution < -0.4 is 0 Å². The smallest absolute Gasteiger partial charge is 0.337 e. The lowest BCUT2D eigenvalue weighted by molar-refractivity contribution is 0.0600. The Hall–Kier alpha value is -2.48. The summed E-state index contributed by atoms with van der Waals surface area (Å²) in [7, 11) is 1.14. The lowest BCUT2D eigenvalue weighted by Crippen LogP contribution is -2.12. The first-order chi connectivity index (χ1) is 10.8. The Bertz CT molecular complexity index is 730. The van der Waals surface area contributed by atoms with Crippen LogP contribution in [0.3, 0.4) is 0 Å². The second-order valence-electron chi connectivity index (χ2n) is 4.50. The van der Waals surface area contributed by atoms with Gasteiger partial charge >= 0.3 is 5.97 Å². The number of hydrogen-bond donors (Lipinski definition) is 1. The number of aliphatic hydroxyl groups is 1. The number of ether oxygens (including phenoxy) is 1. The van der Waals surface area contributed by atoms with Crippen LogP contribution in [0.2, 0.25) is 0 Å². The summed E-state index contributed by atoms with van der Waals surface area (Å²) in [5.74, 6) is -11.5. The van der Waals surface area contributed by atoms with Gasteiger partial charge in [0.2, 0.25) is 5.82 Å². The standard InChI is InChI=1S/C15H9F5O3/c1-23-15(22)7-4-2-6(3-5-7)14(21)8-9(16)11(18)13(20)12(19)10(8)17/h2-5,14,21H,1H3. The van der Waals surface area contributed by atoms with Crippen LogP contribution in [-0.2, 0) is 4.74 Å². The molecule has 0 aromatic heterocycles. The Balaban J connectivity index is 2.49. The lowest BCUT2D eigenvalue weighted by atomic mass is 9.98. The molecule has 2 aromatic rings. The number of methoxy groups -OCH3 is 1. The van der Waals surface area contributed by atoms with Gasteiger partial charge in [0.25, 0.3) is 0 Å². The molecule has 1 N–H and O–H groups in total. The van der Waals surface area contributed by atoms with Crippen molar-refractivity contribution >= 4 is 5.97 Å². The van der Waals surface area contributed by atoms with E-state index in [-0.39, 0.29) is 11.1 Å². The van der Waals surface area contributed by atoms with Gasteiger partial charge in [0.1, 0.15) is 6.10 Å². The molecule has 1 atom stereocenters. The molecular formula is C15H9F5O3. The molecule has 3 nitrogen and oxygen atoms in total. The van der Waals surface area contributed by atoms with E-state index in [1.807, 2.05) is 0 Å². The maximum Gasteiger partial charge on any atom is 0.337 e. The van der Waals surface area contributed by atoms with Gasteiger partial charge in [0.05, 0.1) is 18.2 Å². The predicted molar refractivity (Wildman–Crippen MR) is 68.1 cm³/mol. The number of carbonyl (C=O) groups excluding carboxylic acids is 1. The molecule has 0 saturated heterocycles. The minimum atomic E-state index is -2.31. The van der Waals surface area contributed by atoms with Gasteiger partial charge in [-0.1, -0.05) is 12.1 Å². The van der Waals surface area contributed by atoms with E-state index < -0.39 is 46.7 Å². The molecule has 0 radical (unpaired) electrons. The minimum absolute atomic E-state index is 0.0841. The fourth-order valence-electron chi connectivity index (χ4n) is 1.95. The lowest BCUT2D eigenvalue weighted by Gasteiger charge is -2.15. The highest BCUT2D eigenvalue weighted by molar-refractivity contribution is 5.89. The van der Waals surface area contributed by atoms with Crippen LogP contribution in [0.25, 0.3) is 0 Å². The van der Waals surface area contributed by atoms with Crippen LogP contribution in [0.1, 0.15) is 27.6 Å². The first kappa shape index (κ1) is 16.9. The van der Waals surface area contributed by atoms with Crippen molar-refractivity contribution in [2.75, 3.05) is 7.11 Å². The van der Waals surface area contributed by atoms with Gasteiger partial charge in [-0.25, -0.2) is 26.7 Å². The molecule has 2 rings (SSSR count). The highest BCUT2D eigenvalue weighted by Gasteiger charge is 2.30. The Morgan fingerprint density at radius 1 is 0.913 bits per heavy atom. The molecule has 2 aromatic carbocycles. The monoisotopic (exact) mass is 332 g/mol. The van der Waals surface area contributed by atoms with E-state index >= 15 is 0 Å². The second-order valence-corrected chi connectivity index (χ2v) is 4.50. The third-order valence-corrected chi connectivity index (χ3v) is 3.16. The molecule has 23 heavy (non-hydrogen) atoms. The maximum absolute atomic E-state index is 13.6. The van der Waals surface area contributed by atoms with E-state index in [0.717, 1.165) is 19.2 Å². The molecule has 0 aliphatic heterocycles. The van der Waals surface area contributed by atoms with E-state index in [0.29, 0.717) is 0 Å². The quantitative estimate of drug-likeness (QED) is 0.406. The average Bonchev–Trinajstić information content (AvgIpc) is 2.57. The van der Waals surface area contributed by atoms with Gasteiger partial charge in [-0.15, -0.1) is 0 Å². The summed E-state index contributed by atoms with van der Waals surface area (Å²) in [5, 5.41) is 9.93. The molecular weight excluding hydrogens is 323 g/mol. The molecule has 0 aliphatic carbocycles. The molecule has 0 aliphatic rings. The summed E-state index contributed by atoms with van der Waals surface area (Å²) in [6.45, 7) is 0. The number of carbonyl (C=O) groups is 1. The van der Waals surface area contributed by atoms with Gasteiger partial charge < -0.3 is 9.84 Å². The number of esters is 1. The van der Waals surface area contributed by atoms with E-state index in [2.05, 4.69) is 4.74 Å². The number of halogens is 5. The molecule has 122 valence electrons. The first-order valence-electron chi connectivity index (χ1n) is 6.17. The SMILES string of the molecule is COC(=O)c1ccc(C(O)c2c(F)c(F)c(F)c(F)c2F)cc1. The van der Waals surface area contributed by atoms with Crippen molar-refractivity contribution in [2.24, 2.45) is 0 Å². The highest BCUT2D eigenvalue weighted by Crippen LogP contribution is 2.31. The number of hydrogen-bond acceptors (Lipinski definition) is 3. The summed E-state index contributed by atoms with van der Waals surface area (Å²) in [5.41, 5.74) is -1.45. The van der Waals surface area contributed by atoms with Crippen LogP contribution in [0.15, 0.2) is 24.3 Å². The van der Waals surface area contributed by atoms with Crippen molar-refractivity contribution in [3.63, 3.8) is 0 Å². The molecule has 0 spiro atoms. The van der Waals surface area contributed by atoms with E-state index in [9.17, 15) is 31.9 Å². The molecule has 0 saturated carbocycles. The van der Waals surface area contributed by atoms with Crippen LogP contribution in [0, 0.1) is 29.1 Å². The molecule has 0 fully saturated rings. The van der Waals surface area contributed by atoms with Gasteiger partial charge in [0.15, 0.2) is 23.3 Å². The number of benzene rings is 2. The summed E-state index contributed by atoms with van der Waals surface area (Å²) in [4.78, 5) is 11.3. The van der Waals surface area contributed by atoms with Crippen molar-refractivity contribution < 1.29 is 36.6 Å². The van der Waals surface area contributed by atoms with Gasteiger partial charge in [-0.3, -0.25) is 0 Å². The van der Waals surface area contributed by atoms with E-state index in [4.69, 9.17) is 0 Å². The first-order valence-corrected chi connectivity index (χ1v) is 6.17. The van der Waals surface area contributed by atoms with Crippen LogP contribution in [0.4, 0.5) is 22.0 Å². The summed E-state index contributed by atoms with van der Waals surface area (Å²) >= 11 is 0. The predicted octanol–water partition coefficient (Wildman–Crippen LogP) is 3.25. The van der Waals surface area contributed by atoms with E-state index in [1.165, 1.54) is 12.1 Å². The fourth-order valence-corrected chi connectivity index (χ4v) is 1.95. The Morgan fingerprint density at radius 3 is 1.78 bits per heavy atom. The van der Waals surface area contributed by atoms with Crippen LogP contribution >= 0.6 is 0 Å². The molecule has 8 heteroatoms. The molecule has 0 bridgehead atoms. The van der Waals surface area contributed by atoms with Crippen molar-refractivity contribution in [1.82, 2.24) is 0 Å². The number of rotatable bonds is 3. The van der Waals surface area contributed by atoms with E-state index in [1.54, 1.807) is 0 Å². The Morgan fingerprint density at radius 2 is 1.35 bits per heavy atom. The van der Waals surface area contributed by atoms with Crippen molar-refractivity contribution in [3.8, 4) is 0 Å². The zero-order valence-electron chi connectivity index (χ0n) is 11.5. The largest absolute Gasteiger partial charge is 0.465 e. The van der Waals surface area contributed by atoms with Crippen molar-refractivity contribution in [1.29, 1.82) is 0 Å². The minimum Gasteiger partial charge on any atom is -0.465 e. The third-order valence-electron chi connectivity index (χ3n) is 3.16. The van der Waals surface area contributed by atoms with Crippen molar-refractivity contribution in [3.05, 3.63) is 70.0 Å². The zero-order chi connectivity index (χ0) is 17.3. The van der Waals surface area contributed by atoms with Gasteiger partial charge in [-0.05, 0) is 17.7 Å². The van der Waals surface area contributed by atoms with Crippen molar-refractivity contribution in [2.45, 2.75) is 6.10 Å². The maximum atomic E-state index is 13.6. The Labute approximate surface area is 126 Å². The molecule has 1 unspecified atom stereocenters. The Kier molecular flexibility index (Phi) is 4.65. The normalized spacial score (nSPS) is 12.1. The fraction of sp³-hybridized carbons (Fsp3) is 0.133. The zero-order valence-corrected chi connectivity index (χ0v) is 11.5. The second kappa shape index (κ2) is 6.33. The molecule has 0 heterocycles. The average molecular weight is 332 g/mol.